The molecule has 0 bridgehead atoms. The second-order valence-electron chi connectivity index (χ2n) is 4.42. The fourth-order valence-electron chi connectivity index (χ4n) is 2.25. The van der Waals surface area contributed by atoms with Crippen molar-refractivity contribution in [3.8, 4) is 28.7 Å². The fourth-order valence-corrected chi connectivity index (χ4v) is 2.25. The lowest BCUT2D eigenvalue weighted by Gasteiger charge is -2.15. The molecule has 0 heterocycles. The average Bonchev–Trinajstić information content (AvgIpc) is 2.40. The number of hydrogen-bond acceptors (Lipinski definition) is 3. The van der Waals surface area contributed by atoms with Gasteiger partial charge in [0.05, 0.1) is 18.7 Å². The molecule has 2 aromatic rings. The van der Waals surface area contributed by atoms with E-state index in [0.29, 0.717) is 16.9 Å². The summed E-state index contributed by atoms with van der Waals surface area (Å²) in [6.45, 7) is 3.83. The second kappa shape index (κ2) is 5.03. The summed E-state index contributed by atoms with van der Waals surface area (Å²) in [7, 11) is 1.51. The summed E-state index contributed by atoms with van der Waals surface area (Å²) in [5.74, 6) is 0.487. The maximum absolute atomic E-state index is 10.3. The Morgan fingerprint density at radius 1 is 1.05 bits per heavy atom. The quantitative estimate of drug-likeness (QED) is 0.890. The number of phenolic OH excluding ortho intramolecular Hbond substituents is 1. The van der Waals surface area contributed by atoms with E-state index in [-0.39, 0.29) is 5.75 Å². The van der Waals surface area contributed by atoms with Gasteiger partial charge in [-0.25, -0.2) is 0 Å². The number of hydrogen-bond donors (Lipinski definition) is 1. The normalized spacial score (nSPS) is 10.0. The molecule has 2 aromatic carbocycles. The van der Waals surface area contributed by atoms with Gasteiger partial charge in [-0.1, -0.05) is 18.2 Å². The van der Waals surface area contributed by atoms with Crippen LogP contribution in [0.1, 0.15) is 16.7 Å². The van der Waals surface area contributed by atoms with Crippen LogP contribution in [0.2, 0.25) is 0 Å². The van der Waals surface area contributed by atoms with Crippen LogP contribution >= 0.6 is 0 Å². The van der Waals surface area contributed by atoms with Gasteiger partial charge in [0.25, 0.3) is 0 Å². The van der Waals surface area contributed by atoms with Crippen molar-refractivity contribution in [2.24, 2.45) is 0 Å². The monoisotopic (exact) mass is 253 g/mol. The molecule has 0 saturated heterocycles. The molecule has 0 unspecified atom stereocenters. The minimum atomic E-state index is 0.0771. The molecule has 3 nitrogen and oxygen atoms in total. The van der Waals surface area contributed by atoms with E-state index in [0.717, 1.165) is 16.7 Å². The number of phenols is 1. The lowest BCUT2D eigenvalue weighted by Crippen LogP contribution is -1.94. The second-order valence-corrected chi connectivity index (χ2v) is 4.42. The maximum atomic E-state index is 10.3. The number of aromatic hydroxyl groups is 1. The smallest absolute Gasteiger partial charge is 0.165 e. The summed E-state index contributed by atoms with van der Waals surface area (Å²) in [5.41, 5.74) is 3.83. The highest BCUT2D eigenvalue weighted by Crippen LogP contribution is 2.41. The number of ether oxygens (including phenoxy) is 1. The van der Waals surface area contributed by atoms with Gasteiger partial charge in [0.2, 0.25) is 0 Å². The van der Waals surface area contributed by atoms with Crippen LogP contribution < -0.4 is 4.74 Å². The number of benzene rings is 2. The Kier molecular flexibility index (Phi) is 3.43. The van der Waals surface area contributed by atoms with Gasteiger partial charge in [0, 0.05) is 11.1 Å². The van der Waals surface area contributed by atoms with Gasteiger partial charge in [-0.05, 0) is 37.1 Å². The van der Waals surface area contributed by atoms with E-state index in [2.05, 4.69) is 6.07 Å². The SMILES string of the molecule is COc1ccc(C)c(-c2c(C)cccc2C#N)c1O. The van der Waals surface area contributed by atoms with Gasteiger partial charge in [-0.3, -0.25) is 0 Å². The van der Waals surface area contributed by atoms with E-state index >= 15 is 0 Å². The molecule has 0 saturated carbocycles. The summed E-state index contributed by atoms with van der Waals surface area (Å²) < 4.78 is 5.14. The summed E-state index contributed by atoms with van der Waals surface area (Å²) in [6, 6.07) is 11.3. The van der Waals surface area contributed by atoms with Crippen molar-refractivity contribution in [1.82, 2.24) is 0 Å². The van der Waals surface area contributed by atoms with Crippen LogP contribution in [0.15, 0.2) is 30.3 Å². The van der Waals surface area contributed by atoms with E-state index < -0.39 is 0 Å². The van der Waals surface area contributed by atoms with E-state index in [1.165, 1.54) is 7.11 Å². The molecular formula is C16H15NO2. The Morgan fingerprint density at radius 2 is 1.74 bits per heavy atom. The minimum Gasteiger partial charge on any atom is -0.504 e. The van der Waals surface area contributed by atoms with Crippen LogP contribution in [0, 0.1) is 25.2 Å². The van der Waals surface area contributed by atoms with Crippen molar-refractivity contribution in [2.75, 3.05) is 7.11 Å². The molecule has 0 amide bonds. The Bertz CT molecular complexity index is 669. The third-order valence-electron chi connectivity index (χ3n) is 3.21. The molecule has 2 rings (SSSR count). The minimum absolute atomic E-state index is 0.0771. The summed E-state index contributed by atoms with van der Waals surface area (Å²) in [4.78, 5) is 0. The molecule has 0 aliphatic carbocycles. The molecule has 0 aromatic heterocycles. The van der Waals surface area contributed by atoms with Gasteiger partial charge >= 0.3 is 0 Å². The van der Waals surface area contributed by atoms with Crippen molar-refractivity contribution in [3.05, 3.63) is 47.0 Å². The molecule has 0 radical (unpaired) electrons. The van der Waals surface area contributed by atoms with Crippen LogP contribution in [0.25, 0.3) is 11.1 Å². The molecule has 0 fully saturated rings. The molecule has 0 atom stereocenters. The topological polar surface area (TPSA) is 53.2 Å². The molecule has 3 heteroatoms. The first-order valence-electron chi connectivity index (χ1n) is 5.96. The third kappa shape index (κ3) is 2.13. The lowest BCUT2D eigenvalue weighted by atomic mass is 9.91. The highest BCUT2D eigenvalue weighted by atomic mass is 16.5. The Labute approximate surface area is 112 Å². The summed E-state index contributed by atoms with van der Waals surface area (Å²) in [6.07, 6.45) is 0. The molecule has 19 heavy (non-hydrogen) atoms. The van der Waals surface area contributed by atoms with Crippen LogP contribution in [-0.4, -0.2) is 12.2 Å². The Morgan fingerprint density at radius 3 is 2.37 bits per heavy atom. The zero-order valence-electron chi connectivity index (χ0n) is 11.2. The van der Waals surface area contributed by atoms with Crippen molar-refractivity contribution in [1.29, 1.82) is 5.26 Å². The Hall–Kier alpha value is -2.47. The maximum Gasteiger partial charge on any atom is 0.165 e. The van der Waals surface area contributed by atoms with Crippen LogP contribution in [0.5, 0.6) is 11.5 Å². The zero-order chi connectivity index (χ0) is 14.0. The van der Waals surface area contributed by atoms with Gasteiger partial charge in [0.1, 0.15) is 0 Å². The number of nitriles is 1. The molecule has 0 aliphatic rings. The van der Waals surface area contributed by atoms with E-state index in [1.54, 1.807) is 12.1 Å². The standard InChI is InChI=1S/C16H15NO2/c1-10-5-4-6-12(9-17)14(10)15-11(2)7-8-13(19-3)16(15)18/h4-8,18H,1-3H3. The number of rotatable bonds is 2. The van der Waals surface area contributed by atoms with Gasteiger partial charge in [0.15, 0.2) is 11.5 Å². The van der Waals surface area contributed by atoms with Gasteiger partial charge in [-0.15, -0.1) is 0 Å². The summed E-state index contributed by atoms with van der Waals surface area (Å²) >= 11 is 0. The Balaban J connectivity index is 2.84. The van der Waals surface area contributed by atoms with Gasteiger partial charge in [-0.2, -0.15) is 5.26 Å². The molecule has 0 spiro atoms. The molecule has 1 N–H and O–H groups in total. The van der Waals surface area contributed by atoms with E-state index in [1.807, 2.05) is 32.0 Å². The number of nitrogens with zero attached hydrogens (tertiary/aromatic N) is 1. The summed E-state index contributed by atoms with van der Waals surface area (Å²) in [5, 5.41) is 19.6. The highest BCUT2D eigenvalue weighted by molar-refractivity contribution is 5.82. The van der Waals surface area contributed by atoms with Crippen molar-refractivity contribution >= 4 is 0 Å². The highest BCUT2D eigenvalue weighted by Gasteiger charge is 2.17. The first kappa shape index (κ1) is 13.0. The molecule has 0 aliphatic heterocycles. The predicted molar refractivity (Wildman–Crippen MR) is 74.3 cm³/mol. The van der Waals surface area contributed by atoms with Crippen LogP contribution in [0.3, 0.4) is 0 Å². The van der Waals surface area contributed by atoms with Crippen molar-refractivity contribution < 1.29 is 9.84 Å². The van der Waals surface area contributed by atoms with E-state index in [4.69, 9.17) is 4.74 Å². The third-order valence-corrected chi connectivity index (χ3v) is 3.21. The number of aryl methyl sites for hydroxylation is 2. The number of methoxy groups -OCH3 is 1. The average molecular weight is 253 g/mol. The largest absolute Gasteiger partial charge is 0.504 e. The van der Waals surface area contributed by atoms with Crippen molar-refractivity contribution in [2.45, 2.75) is 13.8 Å². The van der Waals surface area contributed by atoms with E-state index in [9.17, 15) is 10.4 Å². The molecular weight excluding hydrogens is 238 g/mol. The first-order chi connectivity index (χ1) is 9.10. The molecule has 96 valence electrons. The van der Waals surface area contributed by atoms with Crippen LogP contribution in [0.4, 0.5) is 0 Å². The van der Waals surface area contributed by atoms with Crippen molar-refractivity contribution in [3.63, 3.8) is 0 Å². The van der Waals surface area contributed by atoms with Crippen LogP contribution in [-0.2, 0) is 0 Å². The zero-order valence-corrected chi connectivity index (χ0v) is 11.2. The predicted octanol–water partition coefficient (Wildman–Crippen LogP) is 3.56. The fraction of sp³-hybridized carbons (Fsp3) is 0.188. The first-order valence-corrected chi connectivity index (χ1v) is 5.96. The van der Waals surface area contributed by atoms with Gasteiger partial charge < -0.3 is 9.84 Å². The lowest BCUT2D eigenvalue weighted by molar-refractivity contribution is 0.374.